The summed E-state index contributed by atoms with van der Waals surface area (Å²) >= 11 is 0. The summed E-state index contributed by atoms with van der Waals surface area (Å²) in [6.45, 7) is 11.7. The van der Waals surface area contributed by atoms with E-state index in [4.69, 9.17) is 26.7 Å². The summed E-state index contributed by atoms with van der Waals surface area (Å²) < 4.78 is 11.5. The zero-order valence-electron chi connectivity index (χ0n) is 28.4. The fraction of sp³-hybridized carbons (Fsp3) is 0.543. The van der Waals surface area contributed by atoms with E-state index >= 15 is 0 Å². The van der Waals surface area contributed by atoms with Crippen LogP contribution in [-0.2, 0) is 32.1 Å². The predicted octanol–water partition coefficient (Wildman–Crippen LogP) is 3.01. The Bertz CT molecular complexity index is 1390. The number of carbonyl (C=O) groups excluding carboxylic acids is 4. The van der Waals surface area contributed by atoms with Crippen LogP contribution < -0.4 is 21.9 Å². The quantitative estimate of drug-likeness (QED) is 0.252. The van der Waals surface area contributed by atoms with Crippen LogP contribution in [0, 0.1) is 0 Å². The van der Waals surface area contributed by atoms with Gasteiger partial charge in [0.2, 0.25) is 17.7 Å². The van der Waals surface area contributed by atoms with Gasteiger partial charge in [-0.1, -0.05) is 42.5 Å². The number of benzene rings is 2. The van der Waals surface area contributed by atoms with Crippen molar-refractivity contribution in [3.63, 3.8) is 0 Å². The molecule has 12 heteroatoms. The highest BCUT2D eigenvalue weighted by molar-refractivity contribution is 5.99. The molecule has 0 saturated carbocycles. The van der Waals surface area contributed by atoms with Gasteiger partial charge >= 0.3 is 6.09 Å². The van der Waals surface area contributed by atoms with Gasteiger partial charge in [-0.3, -0.25) is 19.3 Å². The Kier molecular flexibility index (Phi) is 12.2. The van der Waals surface area contributed by atoms with E-state index in [2.05, 4.69) is 0 Å². The van der Waals surface area contributed by atoms with Crippen LogP contribution in [0.2, 0.25) is 0 Å². The maximum Gasteiger partial charge on any atom is 0.417 e. The van der Waals surface area contributed by atoms with Gasteiger partial charge in [-0.05, 0) is 97.0 Å². The lowest BCUT2D eigenvalue weighted by atomic mass is 9.78. The van der Waals surface area contributed by atoms with Gasteiger partial charge in [0.15, 0.2) is 0 Å². The summed E-state index contributed by atoms with van der Waals surface area (Å²) in [6, 6.07) is 13.1. The molecule has 2 unspecified atom stereocenters. The molecule has 12 nitrogen and oxygen atoms in total. The number of nitrogens with two attached hydrogens (primary N) is 3. The van der Waals surface area contributed by atoms with Crippen LogP contribution >= 0.6 is 0 Å². The van der Waals surface area contributed by atoms with Crippen LogP contribution in [0.4, 0.5) is 4.79 Å². The zero-order chi connectivity index (χ0) is 35.2. The Morgan fingerprint density at radius 3 is 2.11 bits per heavy atom. The lowest BCUT2D eigenvalue weighted by Crippen LogP contribution is -2.74. The molecule has 4 amide bonds. The van der Waals surface area contributed by atoms with E-state index in [1.165, 1.54) is 0 Å². The van der Waals surface area contributed by atoms with Crippen LogP contribution in [0.15, 0.2) is 54.6 Å². The molecule has 1 fully saturated rings. The van der Waals surface area contributed by atoms with Crippen molar-refractivity contribution < 1.29 is 33.8 Å². The second-order valence-electron chi connectivity index (χ2n) is 14.1. The number of nitrogens with zero attached hydrogens (tertiary/aromatic N) is 2. The number of aliphatic hydroxyl groups is 1. The number of aryl methyl sites for hydroxylation is 1. The minimum Gasteiger partial charge on any atom is -0.488 e. The summed E-state index contributed by atoms with van der Waals surface area (Å²) in [5.41, 5.74) is 16.5. The Hall–Kier alpha value is -4.00. The third kappa shape index (κ3) is 9.52. The highest BCUT2D eigenvalue weighted by Crippen LogP contribution is 2.42. The first-order valence-corrected chi connectivity index (χ1v) is 16.0. The molecule has 0 aromatic heterocycles. The maximum atomic E-state index is 14.1. The van der Waals surface area contributed by atoms with E-state index in [0.29, 0.717) is 35.6 Å². The maximum absolute atomic E-state index is 14.1. The van der Waals surface area contributed by atoms with Crippen LogP contribution in [0.5, 0.6) is 5.75 Å². The van der Waals surface area contributed by atoms with Crippen LogP contribution in [0.3, 0.4) is 0 Å². The molecule has 3 rings (SSSR count). The number of rotatable bonds is 13. The summed E-state index contributed by atoms with van der Waals surface area (Å²) in [4.78, 5) is 56.1. The number of aliphatic hydroxyl groups excluding tert-OH is 1. The normalized spacial score (nSPS) is 19.0. The second-order valence-corrected chi connectivity index (χ2v) is 14.1. The Labute approximate surface area is 277 Å². The van der Waals surface area contributed by atoms with Crippen LogP contribution in [-0.4, -0.2) is 80.1 Å². The van der Waals surface area contributed by atoms with Crippen molar-refractivity contribution in [1.82, 2.24) is 9.80 Å². The number of hydrogen-bond donors (Lipinski definition) is 4. The highest BCUT2D eigenvalue weighted by Gasteiger charge is 2.61. The summed E-state index contributed by atoms with van der Waals surface area (Å²) in [5.74, 6) is -2.01. The molecule has 0 radical (unpaired) electrons. The molecular weight excluding hydrogens is 602 g/mol. The van der Waals surface area contributed by atoms with Gasteiger partial charge in [0.05, 0.1) is 24.6 Å². The molecule has 1 aliphatic heterocycles. The van der Waals surface area contributed by atoms with E-state index in [9.17, 15) is 24.3 Å². The molecule has 47 heavy (non-hydrogen) atoms. The van der Waals surface area contributed by atoms with E-state index in [-0.39, 0.29) is 25.0 Å². The lowest BCUT2D eigenvalue weighted by molar-refractivity contribution is -0.152. The first-order chi connectivity index (χ1) is 21.9. The number of amides is 4. The molecule has 1 saturated heterocycles. The molecule has 0 bridgehead atoms. The molecule has 0 spiro atoms. The Balaban J connectivity index is 2.10. The van der Waals surface area contributed by atoms with Gasteiger partial charge in [-0.15, -0.1) is 0 Å². The van der Waals surface area contributed by atoms with E-state index in [0.717, 1.165) is 5.56 Å². The lowest BCUT2D eigenvalue weighted by Gasteiger charge is -2.51. The topological polar surface area (TPSA) is 192 Å². The third-order valence-corrected chi connectivity index (χ3v) is 8.24. The van der Waals surface area contributed by atoms with Gasteiger partial charge in [0.25, 0.3) is 0 Å². The van der Waals surface area contributed by atoms with Crippen molar-refractivity contribution in [1.29, 1.82) is 0 Å². The SMILES string of the molecule is CC(C)(C)Oc1ccc(CCC(O)C(N(C(=O)OCc2ccccc2)C(=O)[C@@H](N)CC(N)=O)[C@@]2(C(N)=O)CCCN2C(C)(C)C)cc1. The fourth-order valence-corrected chi connectivity index (χ4v) is 6.35. The van der Waals surface area contributed by atoms with E-state index in [1.54, 1.807) is 30.3 Å². The minimum absolute atomic E-state index is 0.0396. The molecular formula is C35H51N5O7. The van der Waals surface area contributed by atoms with Crippen molar-refractivity contribution >= 4 is 23.8 Å². The molecule has 258 valence electrons. The number of primary amides is 2. The summed E-state index contributed by atoms with van der Waals surface area (Å²) in [7, 11) is 0. The van der Waals surface area contributed by atoms with Gasteiger partial charge in [-0.2, -0.15) is 0 Å². The molecule has 0 aliphatic carbocycles. The smallest absolute Gasteiger partial charge is 0.417 e. The summed E-state index contributed by atoms with van der Waals surface area (Å²) in [6.07, 6.45) is -2.13. The van der Waals surface area contributed by atoms with Gasteiger partial charge in [0.1, 0.15) is 23.5 Å². The number of hydrogen-bond acceptors (Lipinski definition) is 9. The number of carbonyl (C=O) groups is 4. The predicted molar refractivity (Wildman–Crippen MR) is 178 cm³/mol. The monoisotopic (exact) mass is 653 g/mol. The third-order valence-electron chi connectivity index (χ3n) is 8.24. The van der Waals surface area contributed by atoms with Crippen LogP contribution in [0.25, 0.3) is 0 Å². The first kappa shape index (κ1) is 37.5. The van der Waals surface area contributed by atoms with Gasteiger partial charge in [0, 0.05) is 5.54 Å². The standard InChI is InChI=1S/C35H51N5O7/c1-33(2,3)39-20-10-19-35(39,31(38)44)29(27(41)18-15-23-13-16-25(17-14-23)47-34(4,5)6)40(30(43)26(36)21-28(37)42)32(45)46-22-24-11-8-7-9-12-24/h7-9,11-14,16-17,26-27,29,41H,10,15,18-22,36H2,1-6H3,(H2,37,42)(H2,38,44)/t26-,27?,29?,35+/m0/s1. The largest absolute Gasteiger partial charge is 0.488 e. The number of imide groups is 1. The Morgan fingerprint density at radius 2 is 1.57 bits per heavy atom. The number of likely N-dealkylation sites (tertiary alicyclic amines) is 1. The van der Waals surface area contributed by atoms with Crippen molar-refractivity contribution in [3.8, 4) is 5.75 Å². The van der Waals surface area contributed by atoms with E-state index < -0.39 is 59.5 Å². The van der Waals surface area contributed by atoms with Gasteiger partial charge in [-0.25, -0.2) is 9.69 Å². The Morgan fingerprint density at radius 1 is 0.957 bits per heavy atom. The molecule has 1 heterocycles. The van der Waals surface area contributed by atoms with Crippen LogP contribution in [0.1, 0.15) is 78.4 Å². The molecule has 1 aliphatic rings. The van der Waals surface area contributed by atoms with Gasteiger partial charge < -0.3 is 31.8 Å². The summed E-state index contributed by atoms with van der Waals surface area (Å²) in [5, 5.41) is 12.1. The molecule has 7 N–H and O–H groups in total. The first-order valence-electron chi connectivity index (χ1n) is 16.0. The molecule has 2 aromatic rings. The van der Waals surface area contributed by atoms with E-state index in [1.807, 2.05) is 70.7 Å². The highest BCUT2D eigenvalue weighted by atomic mass is 16.6. The van der Waals surface area contributed by atoms with Crippen molar-refractivity contribution in [2.75, 3.05) is 6.54 Å². The second kappa shape index (κ2) is 15.3. The number of ether oxygens (including phenoxy) is 2. The molecule has 4 atom stereocenters. The fourth-order valence-electron chi connectivity index (χ4n) is 6.35. The van der Waals surface area contributed by atoms with Crippen molar-refractivity contribution in [3.05, 3.63) is 65.7 Å². The van der Waals surface area contributed by atoms with Crippen molar-refractivity contribution in [2.45, 2.75) is 115 Å². The molecule has 2 aromatic carbocycles. The zero-order valence-corrected chi connectivity index (χ0v) is 28.4. The minimum atomic E-state index is -1.68. The average Bonchev–Trinajstić information content (AvgIpc) is 3.44. The average molecular weight is 654 g/mol. The van der Waals surface area contributed by atoms with Crippen molar-refractivity contribution in [2.24, 2.45) is 17.2 Å².